The lowest BCUT2D eigenvalue weighted by molar-refractivity contribution is 0.103. The molecule has 102 valence electrons. The lowest BCUT2D eigenvalue weighted by Gasteiger charge is -2.09. The summed E-state index contributed by atoms with van der Waals surface area (Å²) in [4.78, 5) is 22.1. The first-order valence-electron chi connectivity index (χ1n) is 6.25. The van der Waals surface area contributed by atoms with Crippen molar-refractivity contribution in [3.63, 3.8) is 0 Å². The Balaban J connectivity index is 2.12. The number of carbonyl (C=O) groups is 1. The Morgan fingerprint density at radius 1 is 1.20 bits per heavy atom. The van der Waals surface area contributed by atoms with Gasteiger partial charge in [0.05, 0.1) is 15.1 Å². The van der Waals surface area contributed by atoms with Gasteiger partial charge in [-0.2, -0.15) is 0 Å². The smallest absolute Gasteiger partial charge is 0.224 e. The summed E-state index contributed by atoms with van der Waals surface area (Å²) < 4.78 is 0.845. The summed E-state index contributed by atoms with van der Waals surface area (Å²) in [7, 11) is 0. The van der Waals surface area contributed by atoms with Gasteiger partial charge in [-0.25, -0.2) is 9.97 Å². The SMILES string of the molecule is CC(C)Nc1nc(C(=O)c2cccs2)c2sccc2n1. The third-order valence-electron chi connectivity index (χ3n) is 2.68. The number of fused-ring (bicyclic) bond motifs is 1. The van der Waals surface area contributed by atoms with Crippen LogP contribution in [0.25, 0.3) is 10.2 Å². The van der Waals surface area contributed by atoms with Crippen molar-refractivity contribution in [3.8, 4) is 0 Å². The lowest BCUT2D eigenvalue weighted by Crippen LogP contribution is -2.14. The number of thiophene rings is 2. The molecule has 20 heavy (non-hydrogen) atoms. The Kier molecular flexibility index (Phi) is 3.50. The van der Waals surface area contributed by atoms with E-state index in [0.29, 0.717) is 16.5 Å². The fourth-order valence-corrected chi connectivity index (χ4v) is 3.35. The van der Waals surface area contributed by atoms with Crippen LogP contribution < -0.4 is 5.32 Å². The number of nitrogens with one attached hydrogen (secondary N) is 1. The van der Waals surface area contributed by atoms with E-state index in [1.807, 2.05) is 42.8 Å². The van der Waals surface area contributed by atoms with Crippen LogP contribution in [0.2, 0.25) is 0 Å². The average Bonchev–Trinajstić information content (AvgIpc) is 3.07. The molecule has 6 heteroatoms. The first-order valence-corrected chi connectivity index (χ1v) is 8.01. The Morgan fingerprint density at radius 3 is 2.75 bits per heavy atom. The van der Waals surface area contributed by atoms with Crippen LogP contribution in [0.1, 0.15) is 29.2 Å². The third-order valence-corrected chi connectivity index (χ3v) is 4.46. The summed E-state index contributed by atoms with van der Waals surface area (Å²) >= 11 is 2.93. The minimum absolute atomic E-state index is 0.0401. The summed E-state index contributed by atoms with van der Waals surface area (Å²) in [5.74, 6) is 0.465. The van der Waals surface area contributed by atoms with Gasteiger partial charge >= 0.3 is 0 Å². The van der Waals surface area contributed by atoms with E-state index in [0.717, 1.165) is 10.2 Å². The molecule has 3 aromatic heterocycles. The molecule has 0 bridgehead atoms. The van der Waals surface area contributed by atoms with Crippen molar-refractivity contribution in [2.75, 3.05) is 5.32 Å². The Morgan fingerprint density at radius 2 is 2.05 bits per heavy atom. The highest BCUT2D eigenvalue weighted by molar-refractivity contribution is 7.17. The van der Waals surface area contributed by atoms with Gasteiger partial charge in [0, 0.05) is 6.04 Å². The summed E-state index contributed by atoms with van der Waals surface area (Å²) in [6, 6.07) is 5.83. The predicted octanol–water partition coefficient (Wildman–Crippen LogP) is 3.80. The van der Waals surface area contributed by atoms with E-state index < -0.39 is 0 Å². The van der Waals surface area contributed by atoms with Crippen molar-refractivity contribution in [3.05, 3.63) is 39.5 Å². The molecule has 1 N–H and O–H groups in total. The molecule has 0 amide bonds. The van der Waals surface area contributed by atoms with Crippen LogP contribution in [0.5, 0.6) is 0 Å². The molecular weight excluding hydrogens is 290 g/mol. The zero-order valence-corrected chi connectivity index (χ0v) is 12.7. The first kappa shape index (κ1) is 13.2. The number of carbonyl (C=O) groups excluding carboxylic acids is 1. The molecular formula is C14H13N3OS2. The fraction of sp³-hybridized carbons (Fsp3) is 0.214. The Hall–Kier alpha value is -1.79. The number of anilines is 1. The molecule has 0 aliphatic heterocycles. The van der Waals surface area contributed by atoms with Gasteiger partial charge in [0.2, 0.25) is 11.7 Å². The number of rotatable bonds is 4. The van der Waals surface area contributed by atoms with Crippen LogP contribution in [0.3, 0.4) is 0 Å². The van der Waals surface area contributed by atoms with Gasteiger partial charge in [-0.1, -0.05) is 6.07 Å². The van der Waals surface area contributed by atoms with Crippen LogP contribution in [-0.2, 0) is 0 Å². The predicted molar refractivity (Wildman–Crippen MR) is 83.9 cm³/mol. The number of aromatic nitrogens is 2. The van der Waals surface area contributed by atoms with Crippen molar-refractivity contribution < 1.29 is 4.79 Å². The fourth-order valence-electron chi connectivity index (χ4n) is 1.86. The third kappa shape index (κ3) is 2.44. The molecule has 0 unspecified atom stereocenters. The second kappa shape index (κ2) is 5.30. The molecule has 0 spiro atoms. The van der Waals surface area contributed by atoms with Crippen molar-refractivity contribution in [1.29, 1.82) is 0 Å². The standard InChI is InChI=1S/C14H13N3OS2/c1-8(2)15-14-16-9-5-7-20-13(9)11(17-14)12(18)10-4-3-6-19-10/h3-8H,1-2H3,(H,15,16,17). The molecule has 0 atom stereocenters. The van der Waals surface area contributed by atoms with Gasteiger partial charge in [0.15, 0.2) is 0 Å². The molecule has 0 fully saturated rings. The molecule has 0 aliphatic rings. The number of ketones is 1. The van der Waals surface area contributed by atoms with Gasteiger partial charge in [0.1, 0.15) is 5.69 Å². The topological polar surface area (TPSA) is 54.9 Å². The summed E-state index contributed by atoms with van der Waals surface area (Å²) in [5.41, 5.74) is 1.30. The van der Waals surface area contributed by atoms with E-state index in [1.54, 1.807) is 0 Å². The van der Waals surface area contributed by atoms with E-state index >= 15 is 0 Å². The summed E-state index contributed by atoms with van der Waals surface area (Å²) in [6.07, 6.45) is 0. The highest BCUT2D eigenvalue weighted by Crippen LogP contribution is 2.26. The molecule has 0 saturated carbocycles. The number of hydrogen-bond donors (Lipinski definition) is 1. The normalized spacial score (nSPS) is 11.2. The Labute approximate surface area is 124 Å². The monoisotopic (exact) mass is 303 g/mol. The van der Waals surface area contributed by atoms with Gasteiger partial charge in [-0.05, 0) is 36.7 Å². The largest absolute Gasteiger partial charge is 0.352 e. The molecule has 0 aliphatic carbocycles. The number of hydrogen-bond acceptors (Lipinski definition) is 6. The molecule has 3 heterocycles. The minimum atomic E-state index is -0.0401. The van der Waals surface area contributed by atoms with Crippen LogP contribution in [0.4, 0.5) is 5.95 Å². The average molecular weight is 303 g/mol. The highest BCUT2D eigenvalue weighted by Gasteiger charge is 2.18. The highest BCUT2D eigenvalue weighted by atomic mass is 32.1. The van der Waals surface area contributed by atoms with Crippen LogP contribution >= 0.6 is 22.7 Å². The van der Waals surface area contributed by atoms with Crippen LogP contribution in [-0.4, -0.2) is 21.8 Å². The van der Waals surface area contributed by atoms with Crippen molar-refractivity contribution in [2.24, 2.45) is 0 Å². The first-order chi connectivity index (χ1) is 9.65. The van der Waals surface area contributed by atoms with E-state index in [9.17, 15) is 4.79 Å². The van der Waals surface area contributed by atoms with Crippen LogP contribution in [0, 0.1) is 0 Å². The summed E-state index contributed by atoms with van der Waals surface area (Å²) in [5, 5.41) is 6.99. The van der Waals surface area contributed by atoms with Crippen molar-refractivity contribution in [1.82, 2.24) is 9.97 Å². The second-order valence-electron chi connectivity index (χ2n) is 4.64. The Bertz CT molecular complexity index is 747. The zero-order chi connectivity index (χ0) is 14.1. The maximum Gasteiger partial charge on any atom is 0.224 e. The molecule has 0 radical (unpaired) electrons. The van der Waals surface area contributed by atoms with Crippen LogP contribution in [0.15, 0.2) is 29.0 Å². The molecule has 0 aromatic carbocycles. The molecule has 3 aromatic rings. The minimum Gasteiger partial charge on any atom is -0.352 e. The van der Waals surface area contributed by atoms with Gasteiger partial charge < -0.3 is 5.32 Å². The quantitative estimate of drug-likeness (QED) is 0.745. The maximum absolute atomic E-state index is 12.6. The maximum atomic E-state index is 12.6. The lowest BCUT2D eigenvalue weighted by atomic mass is 10.2. The van der Waals surface area contributed by atoms with E-state index in [2.05, 4.69) is 15.3 Å². The number of nitrogens with zero attached hydrogens (tertiary/aromatic N) is 2. The molecule has 3 rings (SSSR count). The zero-order valence-electron chi connectivity index (χ0n) is 11.1. The van der Waals surface area contributed by atoms with Gasteiger partial charge in [0.25, 0.3) is 0 Å². The summed E-state index contributed by atoms with van der Waals surface area (Å²) in [6.45, 7) is 4.03. The van der Waals surface area contributed by atoms with Crippen molar-refractivity contribution in [2.45, 2.75) is 19.9 Å². The van der Waals surface area contributed by atoms with E-state index in [4.69, 9.17) is 0 Å². The molecule has 0 saturated heterocycles. The van der Waals surface area contributed by atoms with Gasteiger partial charge in [-0.15, -0.1) is 22.7 Å². The van der Waals surface area contributed by atoms with Crippen molar-refractivity contribution >= 4 is 44.6 Å². The second-order valence-corrected chi connectivity index (χ2v) is 6.50. The van der Waals surface area contributed by atoms with Gasteiger partial charge in [-0.3, -0.25) is 4.79 Å². The van der Waals surface area contributed by atoms with E-state index in [1.165, 1.54) is 22.7 Å². The van der Waals surface area contributed by atoms with E-state index in [-0.39, 0.29) is 11.8 Å². The molecule has 4 nitrogen and oxygen atoms in total.